The Labute approximate surface area is 84.4 Å². The molecule has 0 aromatic rings. The highest BCUT2D eigenvalue weighted by Gasteiger charge is 2.62. The van der Waals surface area contributed by atoms with Crippen LogP contribution in [0.1, 0.15) is 27.7 Å². The van der Waals surface area contributed by atoms with Crippen molar-refractivity contribution in [1.82, 2.24) is 0 Å². The fraction of sp³-hybridized carbons (Fsp3) is 0.875. The van der Waals surface area contributed by atoms with Gasteiger partial charge in [0.1, 0.15) is 0 Å². The van der Waals surface area contributed by atoms with Gasteiger partial charge in [-0.15, -0.1) is 0 Å². The second-order valence-electron chi connectivity index (χ2n) is 2.37. The number of hydrogen-bond donors (Lipinski definition) is 0. The molecule has 2 nitrogen and oxygen atoms in total. The minimum atomic E-state index is -5.71. The molecule has 0 rings (SSSR count). The van der Waals surface area contributed by atoms with Crippen LogP contribution >= 0.6 is 0 Å². The zero-order valence-electron chi connectivity index (χ0n) is 8.78. The number of rotatable bonds is 2. The number of halogens is 5. The van der Waals surface area contributed by atoms with Crippen molar-refractivity contribution < 1.29 is 31.5 Å². The third-order valence-corrected chi connectivity index (χ3v) is 1.23. The maximum atomic E-state index is 12.3. The van der Waals surface area contributed by atoms with Crippen LogP contribution in [0, 0.1) is 0 Å². The first-order valence-electron chi connectivity index (χ1n) is 4.20. The molecule has 0 N–H and O–H groups in total. The molecule has 0 amide bonds. The van der Waals surface area contributed by atoms with Gasteiger partial charge in [-0.1, -0.05) is 13.8 Å². The quantitative estimate of drug-likeness (QED) is 0.543. The van der Waals surface area contributed by atoms with Crippen LogP contribution in [0.5, 0.6) is 0 Å². The average Bonchev–Trinajstić information content (AvgIpc) is 2.04. The van der Waals surface area contributed by atoms with Gasteiger partial charge in [-0.3, -0.25) is 4.79 Å². The molecule has 0 aromatic carbocycles. The van der Waals surface area contributed by atoms with Crippen molar-refractivity contribution in [2.75, 3.05) is 0 Å². The average molecular weight is 236 g/mol. The van der Waals surface area contributed by atoms with E-state index in [0.717, 1.165) is 6.92 Å². The van der Waals surface area contributed by atoms with Gasteiger partial charge in [0.2, 0.25) is 0 Å². The third kappa shape index (κ3) is 4.94. The van der Waals surface area contributed by atoms with E-state index >= 15 is 0 Å². The minimum absolute atomic E-state index is 0.481. The second-order valence-corrected chi connectivity index (χ2v) is 2.37. The van der Waals surface area contributed by atoms with Gasteiger partial charge in [-0.05, 0) is 6.92 Å². The third-order valence-electron chi connectivity index (χ3n) is 1.23. The van der Waals surface area contributed by atoms with E-state index < -0.39 is 24.2 Å². The van der Waals surface area contributed by atoms with Crippen molar-refractivity contribution in [2.45, 2.75) is 45.9 Å². The summed E-state index contributed by atoms with van der Waals surface area (Å²) >= 11 is 0. The lowest BCUT2D eigenvalue weighted by atomic mass is 10.2. The Kier molecular flexibility index (Phi) is 6.47. The fourth-order valence-corrected chi connectivity index (χ4v) is 0.553. The van der Waals surface area contributed by atoms with E-state index in [1.807, 2.05) is 13.8 Å². The predicted molar refractivity (Wildman–Crippen MR) is 43.6 cm³/mol. The van der Waals surface area contributed by atoms with Gasteiger partial charge in [0, 0.05) is 6.92 Å². The molecule has 15 heavy (non-hydrogen) atoms. The lowest BCUT2D eigenvalue weighted by molar-refractivity contribution is -0.311. The molecule has 0 aliphatic rings. The molecule has 0 radical (unpaired) electrons. The van der Waals surface area contributed by atoms with E-state index in [1.54, 1.807) is 0 Å². The Hall–Kier alpha value is -0.880. The van der Waals surface area contributed by atoms with Crippen LogP contribution in [0.2, 0.25) is 0 Å². The molecule has 0 aliphatic heterocycles. The first-order chi connectivity index (χ1) is 6.59. The molecule has 1 atom stereocenters. The first-order valence-corrected chi connectivity index (χ1v) is 4.20. The highest BCUT2D eigenvalue weighted by atomic mass is 19.4. The Balaban J connectivity index is 0. The molecule has 0 unspecified atom stereocenters. The van der Waals surface area contributed by atoms with Gasteiger partial charge in [-0.2, -0.15) is 22.0 Å². The highest BCUT2D eigenvalue weighted by molar-refractivity contribution is 5.66. The summed E-state index contributed by atoms with van der Waals surface area (Å²) in [6.07, 6.45) is -8.22. The summed E-state index contributed by atoms with van der Waals surface area (Å²) in [6, 6.07) is 0. The molecule has 92 valence electrons. The molecule has 7 heteroatoms. The standard InChI is InChI=1S/C6H7F5O2.C2H6/c1-3(13-4(2)12)5(7,8)6(9,10)11;1-2/h3H,1-2H3;1-2H3/t3-;/m0./s1. The normalized spacial score (nSPS) is 13.7. The lowest BCUT2D eigenvalue weighted by Crippen LogP contribution is -2.47. The monoisotopic (exact) mass is 236 g/mol. The van der Waals surface area contributed by atoms with E-state index in [4.69, 9.17) is 0 Å². The summed E-state index contributed by atoms with van der Waals surface area (Å²) in [7, 11) is 0. The SMILES string of the molecule is CC.CC(=O)O[C@@H](C)C(F)(F)C(F)(F)F. The summed E-state index contributed by atoms with van der Waals surface area (Å²) in [4.78, 5) is 10.1. The zero-order valence-corrected chi connectivity index (χ0v) is 8.78. The van der Waals surface area contributed by atoms with Crippen LogP contribution in [0.15, 0.2) is 0 Å². The van der Waals surface area contributed by atoms with Crippen LogP contribution in [-0.2, 0) is 9.53 Å². The van der Waals surface area contributed by atoms with Gasteiger partial charge >= 0.3 is 18.1 Å². The summed E-state index contributed by atoms with van der Waals surface area (Å²) < 4.78 is 63.1. The number of ether oxygens (including phenoxy) is 1. The molecule has 0 saturated carbocycles. The minimum Gasteiger partial charge on any atom is -0.456 e. The van der Waals surface area contributed by atoms with Crippen LogP contribution in [-0.4, -0.2) is 24.2 Å². The zero-order chi connectivity index (χ0) is 12.9. The van der Waals surface area contributed by atoms with Crippen molar-refractivity contribution in [2.24, 2.45) is 0 Å². The van der Waals surface area contributed by atoms with Crippen molar-refractivity contribution in [1.29, 1.82) is 0 Å². The van der Waals surface area contributed by atoms with Crippen LogP contribution < -0.4 is 0 Å². The second kappa shape index (κ2) is 5.87. The van der Waals surface area contributed by atoms with Gasteiger partial charge < -0.3 is 4.74 Å². The molecule has 0 aliphatic carbocycles. The van der Waals surface area contributed by atoms with Crippen LogP contribution in [0.3, 0.4) is 0 Å². The molecule has 0 saturated heterocycles. The Bertz CT molecular complexity index is 200. The van der Waals surface area contributed by atoms with Crippen LogP contribution in [0.25, 0.3) is 0 Å². The molecule has 0 bridgehead atoms. The number of hydrogen-bond acceptors (Lipinski definition) is 2. The number of carbonyl (C=O) groups is 1. The highest BCUT2D eigenvalue weighted by Crippen LogP contribution is 2.39. The largest absolute Gasteiger partial charge is 0.457 e. The summed E-state index contributed by atoms with van der Waals surface area (Å²) in [6.45, 7) is 5.23. The summed E-state index contributed by atoms with van der Waals surface area (Å²) in [5.74, 6) is -6.20. The van der Waals surface area contributed by atoms with E-state index in [2.05, 4.69) is 4.74 Å². The van der Waals surface area contributed by atoms with E-state index in [0.29, 0.717) is 6.92 Å². The fourth-order valence-electron chi connectivity index (χ4n) is 0.553. The summed E-state index contributed by atoms with van der Waals surface area (Å²) in [5, 5.41) is 0. The van der Waals surface area contributed by atoms with Gasteiger partial charge in [0.05, 0.1) is 0 Å². The predicted octanol–water partition coefficient (Wildman–Crippen LogP) is 3.16. The maximum absolute atomic E-state index is 12.3. The topological polar surface area (TPSA) is 26.3 Å². The van der Waals surface area contributed by atoms with Crippen molar-refractivity contribution >= 4 is 5.97 Å². The Morgan fingerprint density at radius 2 is 1.47 bits per heavy atom. The number of alkyl halides is 5. The van der Waals surface area contributed by atoms with E-state index in [1.165, 1.54) is 0 Å². The molecular weight excluding hydrogens is 223 g/mol. The van der Waals surface area contributed by atoms with Gasteiger partial charge in [0.15, 0.2) is 6.10 Å². The van der Waals surface area contributed by atoms with Crippen molar-refractivity contribution in [3.63, 3.8) is 0 Å². The van der Waals surface area contributed by atoms with Crippen molar-refractivity contribution in [3.05, 3.63) is 0 Å². The first kappa shape index (κ1) is 16.5. The van der Waals surface area contributed by atoms with E-state index in [-0.39, 0.29) is 0 Å². The molecule has 0 fully saturated rings. The maximum Gasteiger partial charge on any atom is 0.457 e. The van der Waals surface area contributed by atoms with Gasteiger partial charge in [0.25, 0.3) is 0 Å². The van der Waals surface area contributed by atoms with Gasteiger partial charge in [-0.25, -0.2) is 0 Å². The molecule has 0 aromatic heterocycles. The lowest BCUT2D eigenvalue weighted by Gasteiger charge is -2.24. The smallest absolute Gasteiger partial charge is 0.456 e. The van der Waals surface area contributed by atoms with E-state index in [9.17, 15) is 26.7 Å². The Morgan fingerprint density at radius 1 is 1.13 bits per heavy atom. The number of esters is 1. The summed E-state index contributed by atoms with van der Waals surface area (Å²) in [5.41, 5.74) is 0. The number of carbonyl (C=O) groups excluding carboxylic acids is 1. The molecule has 0 heterocycles. The van der Waals surface area contributed by atoms with Crippen molar-refractivity contribution in [3.8, 4) is 0 Å². The van der Waals surface area contributed by atoms with Crippen LogP contribution in [0.4, 0.5) is 22.0 Å². The molecule has 0 spiro atoms. The molecular formula is C8H13F5O2. The Morgan fingerprint density at radius 3 is 1.67 bits per heavy atom.